The molecule has 28 heavy (non-hydrogen) atoms. The smallest absolute Gasteiger partial charge is 0.122 e. The lowest BCUT2D eigenvalue weighted by Crippen LogP contribution is -2.32. The van der Waals surface area contributed by atoms with Gasteiger partial charge in [-0.05, 0) is 61.4 Å². The third-order valence-electron chi connectivity index (χ3n) is 4.51. The molecule has 0 bridgehead atoms. The summed E-state index contributed by atoms with van der Waals surface area (Å²) in [5.41, 5.74) is 3.25. The number of aryl methyl sites for hydroxylation is 1. The lowest BCUT2D eigenvalue weighted by atomic mass is 10.2. The number of anilines is 1. The van der Waals surface area contributed by atoms with E-state index in [0.717, 1.165) is 37.5 Å². The highest BCUT2D eigenvalue weighted by Crippen LogP contribution is 2.26. The van der Waals surface area contributed by atoms with Gasteiger partial charge in [-0.3, -0.25) is 4.99 Å². The summed E-state index contributed by atoms with van der Waals surface area (Å²) in [5, 5.41) is 11.2. The van der Waals surface area contributed by atoms with Gasteiger partial charge < -0.3 is 14.7 Å². The van der Waals surface area contributed by atoms with E-state index >= 15 is 0 Å². The van der Waals surface area contributed by atoms with Crippen molar-refractivity contribution in [3.63, 3.8) is 0 Å². The molecule has 1 aromatic heterocycles. The Morgan fingerprint density at radius 3 is 2.71 bits per heavy atom. The molecule has 1 aliphatic rings. The first kappa shape index (κ1) is 19.0. The number of ether oxygens (including phenoxy) is 1. The van der Waals surface area contributed by atoms with Gasteiger partial charge in [0, 0.05) is 21.8 Å². The minimum atomic E-state index is -0.486. The largest absolute Gasteiger partial charge is 0.491 e. The molecular weight excluding hydrogens is 392 g/mol. The molecule has 2 aromatic carbocycles. The molecule has 0 saturated heterocycles. The quantitative estimate of drug-likeness (QED) is 0.689. The first-order valence-electron chi connectivity index (χ1n) is 9.10. The van der Waals surface area contributed by atoms with E-state index in [1.54, 1.807) is 18.3 Å². The van der Waals surface area contributed by atoms with E-state index in [0.29, 0.717) is 6.67 Å². The van der Waals surface area contributed by atoms with Gasteiger partial charge in [-0.15, -0.1) is 11.3 Å². The van der Waals surface area contributed by atoms with Crippen LogP contribution in [-0.4, -0.2) is 24.5 Å². The van der Waals surface area contributed by atoms with Crippen molar-refractivity contribution in [2.45, 2.75) is 20.0 Å². The predicted octanol–water partition coefficient (Wildman–Crippen LogP) is 3.97. The molecule has 1 atom stereocenters. The molecule has 1 aliphatic heterocycles. The van der Waals surface area contributed by atoms with E-state index in [1.807, 2.05) is 43.3 Å². The zero-order valence-corrected chi connectivity index (χ0v) is 17.3. The number of thiophene rings is 1. The van der Waals surface area contributed by atoms with Gasteiger partial charge in [0.2, 0.25) is 0 Å². The van der Waals surface area contributed by atoms with E-state index in [9.17, 15) is 5.11 Å². The second kappa shape index (κ2) is 7.95. The molecule has 6 heteroatoms. The fraction of sp³-hybridized carbons (Fsp3) is 0.227. The molecule has 0 unspecified atom stereocenters. The first-order valence-corrected chi connectivity index (χ1v) is 10.3. The Morgan fingerprint density at radius 2 is 2.00 bits per heavy atom. The molecule has 4 nitrogen and oxygen atoms in total. The van der Waals surface area contributed by atoms with Gasteiger partial charge in [-0.1, -0.05) is 23.7 Å². The number of halogens is 1. The normalized spacial score (nSPS) is 14.1. The van der Waals surface area contributed by atoms with Crippen molar-refractivity contribution in [3.8, 4) is 16.2 Å². The van der Waals surface area contributed by atoms with Gasteiger partial charge in [-0.2, -0.15) is 0 Å². The van der Waals surface area contributed by atoms with Crippen LogP contribution in [0.3, 0.4) is 0 Å². The molecule has 0 spiro atoms. The van der Waals surface area contributed by atoms with E-state index < -0.39 is 6.10 Å². The number of aliphatic hydroxyl groups is 1. The van der Waals surface area contributed by atoms with Crippen LogP contribution in [0.25, 0.3) is 16.6 Å². The summed E-state index contributed by atoms with van der Waals surface area (Å²) in [4.78, 5) is 8.06. The summed E-state index contributed by atoms with van der Waals surface area (Å²) in [5.74, 6) is 0.792. The van der Waals surface area contributed by atoms with Gasteiger partial charge in [0.15, 0.2) is 0 Å². The number of nitrogens with zero attached hydrogens (tertiary/aromatic N) is 2. The van der Waals surface area contributed by atoms with Crippen molar-refractivity contribution in [1.29, 1.82) is 0 Å². The third-order valence-corrected chi connectivity index (χ3v) is 5.87. The second-order valence-electron chi connectivity index (χ2n) is 6.88. The average Bonchev–Trinajstić information content (AvgIpc) is 3.10. The highest BCUT2D eigenvalue weighted by Gasteiger charge is 2.12. The number of hydrogen-bond donors (Lipinski definition) is 1. The van der Waals surface area contributed by atoms with E-state index in [2.05, 4.69) is 23.2 Å². The van der Waals surface area contributed by atoms with Crippen LogP contribution < -0.4 is 19.5 Å². The maximum absolute atomic E-state index is 9.40. The standard InChI is InChI=1S/C22H21ClN2O2S/c1-14-9-18(7-8-20(14)27-12-15(2)26)25-11-22-19(24-13-25)10-21(28-22)16-3-5-17(23)6-4-16/h3-11,15,26H,12-13H2,1-2H3/t15-/m1/s1. The van der Waals surface area contributed by atoms with Crippen molar-refractivity contribution in [2.24, 2.45) is 4.99 Å². The van der Waals surface area contributed by atoms with E-state index in [-0.39, 0.29) is 6.61 Å². The van der Waals surface area contributed by atoms with Crippen LogP contribution in [0, 0.1) is 6.92 Å². The monoisotopic (exact) mass is 412 g/mol. The summed E-state index contributed by atoms with van der Waals surface area (Å²) in [7, 11) is 0. The van der Waals surface area contributed by atoms with Crippen LogP contribution >= 0.6 is 22.9 Å². The van der Waals surface area contributed by atoms with Gasteiger partial charge in [0.05, 0.1) is 16.0 Å². The molecule has 0 amide bonds. The summed E-state index contributed by atoms with van der Waals surface area (Å²) >= 11 is 7.72. The van der Waals surface area contributed by atoms with Gasteiger partial charge in [0.1, 0.15) is 19.0 Å². The Labute approximate surface area is 173 Å². The lowest BCUT2D eigenvalue weighted by Gasteiger charge is -2.21. The molecule has 0 fully saturated rings. The predicted molar refractivity (Wildman–Crippen MR) is 116 cm³/mol. The Hall–Kier alpha value is -2.34. The van der Waals surface area contributed by atoms with Crippen LogP contribution in [0.5, 0.6) is 5.75 Å². The Bertz CT molecular complexity index is 1110. The van der Waals surface area contributed by atoms with Crippen molar-refractivity contribution >= 4 is 34.8 Å². The van der Waals surface area contributed by atoms with Crippen molar-refractivity contribution < 1.29 is 9.84 Å². The van der Waals surface area contributed by atoms with Gasteiger partial charge in [0.25, 0.3) is 0 Å². The second-order valence-corrected chi connectivity index (χ2v) is 8.40. The van der Waals surface area contributed by atoms with Crippen LogP contribution in [0.1, 0.15) is 12.5 Å². The van der Waals surface area contributed by atoms with E-state index in [1.165, 1.54) is 4.88 Å². The molecule has 0 saturated carbocycles. The minimum Gasteiger partial charge on any atom is -0.491 e. The maximum Gasteiger partial charge on any atom is 0.122 e. The fourth-order valence-electron chi connectivity index (χ4n) is 3.04. The summed E-state index contributed by atoms with van der Waals surface area (Å²) in [6.07, 6.45) is 1.66. The number of hydrogen-bond acceptors (Lipinski definition) is 5. The summed E-state index contributed by atoms with van der Waals surface area (Å²) in [6, 6.07) is 16.1. The zero-order valence-electron chi connectivity index (χ0n) is 15.7. The van der Waals surface area contributed by atoms with Crippen LogP contribution in [0.4, 0.5) is 5.69 Å². The van der Waals surface area contributed by atoms with Crippen LogP contribution in [0.15, 0.2) is 53.5 Å². The SMILES string of the molecule is Cc1cc(N2C=c3sc(-c4ccc(Cl)cc4)cc3=NC2)ccc1OC[C@@H](C)O. The maximum atomic E-state index is 9.40. The number of benzene rings is 2. The molecule has 1 N–H and O–H groups in total. The molecule has 3 aromatic rings. The molecular formula is C22H21ClN2O2S. The molecule has 144 valence electrons. The van der Waals surface area contributed by atoms with Crippen molar-refractivity contribution in [1.82, 2.24) is 0 Å². The van der Waals surface area contributed by atoms with Crippen LogP contribution in [0.2, 0.25) is 5.02 Å². The highest BCUT2D eigenvalue weighted by molar-refractivity contribution is 7.13. The number of fused-ring (bicyclic) bond motifs is 1. The molecule has 2 heterocycles. The summed E-state index contributed by atoms with van der Waals surface area (Å²) in [6.45, 7) is 4.59. The van der Waals surface area contributed by atoms with Gasteiger partial charge in [-0.25, -0.2) is 0 Å². The molecule has 0 radical (unpaired) electrons. The average molecular weight is 413 g/mol. The van der Waals surface area contributed by atoms with E-state index in [4.69, 9.17) is 21.3 Å². The van der Waals surface area contributed by atoms with Crippen LogP contribution in [-0.2, 0) is 0 Å². The number of aliphatic hydroxyl groups excluding tert-OH is 1. The molecule has 4 rings (SSSR count). The topological polar surface area (TPSA) is 45.1 Å². The molecule has 0 aliphatic carbocycles. The Morgan fingerprint density at radius 1 is 1.21 bits per heavy atom. The highest BCUT2D eigenvalue weighted by atomic mass is 35.5. The Balaban J connectivity index is 1.60. The third kappa shape index (κ3) is 4.07. The lowest BCUT2D eigenvalue weighted by molar-refractivity contribution is 0.122. The fourth-order valence-corrected chi connectivity index (χ4v) is 4.24. The number of rotatable bonds is 5. The Kier molecular flexibility index (Phi) is 5.40. The summed E-state index contributed by atoms with van der Waals surface area (Å²) < 4.78 is 6.79. The van der Waals surface area contributed by atoms with Crippen molar-refractivity contribution in [3.05, 3.63) is 69.0 Å². The zero-order chi connectivity index (χ0) is 19.7. The minimum absolute atomic E-state index is 0.289. The first-order chi connectivity index (χ1) is 13.5. The van der Waals surface area contributed by atoms with Gasteiger partial charge >= 0.3 is 0 Å². The van der Waals surface area contributed by atoms with Crippen molar-refractivity contribution in [2.75, 3.05) is 18.2 Å².